The summed E-state index contributed by atoms with van der Waals surface area (Å²) in [7, 11) is -2.81. The maximum Gasteiger partial charge on any atom is 0.324 e. The van der Waals surface area contributed by atoms with Crippen molar-refractivity contribution in [2.75, 3.05) is 13.7 Å². The molecule has 7 heteroatoms. The fourth-order valence-corrected chi connectivity index (χ4v) is 3.89. The third-order valence-electron chi connectivity index (χ3n) is 3.10. The van der Waals surface area contributed by atoms with Crippen LogP contribution in [0.4, 0.5) is 4.39 Å². The molecule has 104 valence electrons. The lowest BCUT2D eigenvalue weighted by atomic mass is 10.2. The van der Waals surface area contributed by atoms with Gasteiger partial charge in [-0.3, -0.25) is 4.79 Å². The molecule has 2 rings (SSSR count). The molecule has 1 aliphatic heterocycles. The van der Waals surface area contributed by atoms with Crippen molar-refractivity contribution in [3.05, 3.63) is 30.1 Å². The molecule has 19 heavy (non-hydrogen) atoms. The lowest BCUT2D eigenvalue weighted by Gasteiger charge is -2.22. The monoisotopic (exact) mass is 287 g/mol. The second-order valence-corrected chi connectivity index (χ2v) is 6.09. The highest BCUT2D eigenvalue weighted by Gasteiger charge is 2.40. The van der Waals surface area contributed by atoms with Crippen LogP contribution in [0.3, 0.4) is 0 Å². The van der Waals surface area contributed by atoms with Crippen LogP contribution in [-0.4, -0.2) is 38.4 Å². The summed E-state index contributed by atoms with van der Waals surface area (Å²) in [5.41, 5.74) is 0. The summed E-state index contributed by atoms with van der Waals surface area (Å²) in [5, 5.41) is 0. The summed E-state index contributed by atoms with van der Waals surface area (Å²) in [6.07, 6.45) is 0.938. The summed E-state index contributed by atoms with van der Waals surface area (Å²) < 4.78 is 44.0. The Hall–Kier alpha value is -1.47. The number of hydrogen-bond acceptors (Lipinski definition) is 4. The molecule has 0 aliphatic carbocycles. The van der Waals surface area contributed by atoms with Gasteiger partial charge in [0.2, 0.25) is 10.0 Å². The first kappa shape index (κ1) is 14.0. The Bertz CT molecular complexity index is 587. The minimum Gasteiger partial charge on any atom is -0.468 e. The van der Waals surface area contributed by atoms with E-state index >= 15 is 0 Å². The van der Waals surface area contributed by atoms with Crippen molar-refractivity contribution >= 4 is 16.0 Å². The molecule has 0 amide bonds. The number of rotatable bonds is 3. The molecule has 1 atom stereocenters. The van der Waals surface area contributed by atoms with Crippen molar-refractivity contribution < 1.29 is 22.3 Å². The zero-order valence-corrected chi connectivity index (χ0v) is 11.2. The van der Waals surface area contributed by atoms with Gasteiger partial charge in [-0.05, 0) is 25.0 Å². The van der Waals surface area contributed by atoms with Crippen molar-refractivity contribution in [2.24, 2.45) is 0 Å². The number of benzene rings is 1. The van der Waals surface area contributed by atoms with Crippen LogP contribution >= 0.6 is 0 Å². The van der Waals surface area contributed by atoms with Crippen molar-refractivity contribution in [3.63, 3.8) is 0 Å². The zero-order chi connectivity index (χ0) is 14.0. The van der Waals surface area contributed by atoms with E-state index in [1.54, 1.807) is 0 Å². The highest BCUT2D eigenvalue weighted by atomic mass is 32.2. The van der Waals surface area contributed by atoms with Crippen molar-refractivity contribution in [2.45, 2.75) is 23.8 Å². The molecule has 1 aliphatic rings. The molecule has 0 saturated carbocycles. The van der Waals surface area contributed by atoms with Gasteiger partial charge in [-0.1, -0.05) is 12.1 Å². The lowest BCUT2D eigenvalue weighted by Crippen LogP contribution is -2.41. The molecule has 0 aromatic heterocycles. The topological polar surface area (TPSA) is 63.7 Å². The molecule has 0 radical (unpaired) electrons. The first-order chi connectivity index (χ1) is 8.98. The number of hydrogen-bond donors (Lipinski definition) is 0. The van der Waals surface area contributed by atoms with Gasteiger partial charge in [0.25, 0.3) is 0 Å². The number of carbonyl (C=O) groups excluding carboxylic acids is 1. The van der Waals surface area contributed by atoms with Crippen LogP contribution in [-0.2, 0) is 19.6 Å². The molecule has 1 aromatic rings. The van der Waals surface area contributed by atoms with E-state index in [0.29, 0.717) is 12.8 Å². The SMILES string of the molecule is COC(=O)[C@H]1CCCN1S(=O)(=O)c1ccccc1F. The minimum atomic E-state index is -4.02. The van der Waals surface area contributed by atoms with Gasteiger partial charge >= 0.3 is 5.97 Å². The maximum absolute atomic E-state index is 13.6. The molecular weight excluding hydrogens is 273 g/mol. The minimum absolute atomic E-state index is 0.191. The molecular formula is C12H14FNO4S. The van der Waals surface area contributed by atoms with E-state index in [2.05, 4.69) is 4.74 Å². The highest BCUT2D eigenvalue weighted by molar-refractivity contribution is 7.89. The summed E-state index contributed by atoms with van der Waals surface area (Å²) >= 11 is 0. The third kappa shape index (κ3) is 2.48. The van der Waals surface area contributed by atoms with Gasteiger partial charge in [0.1, 0.15) is 16.8 Å². The van der Waals surface area contributed by atoms with Crippen LogP contribution < -0.4 is 0 Å². The fourth-order valence-electron chi connectivity index (χ4n) is 2.18. The Balaban J connectivity index is 2.40. The van der Waals surface area contributed by atoms with Gasteiger partial charge in [-0.15, -0.1) is 0 Å². The maximum atomic E-state index is 13.6. The van der Waals surface area contributed by atoms with Gasteiger partial charge in [0.15, 0.2) is 0 Å². The van der Waals surface area contributed by atoms with E-state index in [1.807, 2.05) is 0 Å². The van der Waals surface area contributed by atoms with Crippen LogP contribution in [0.2, 0.25) is 0 Å². The molecule has 1 heterocycles. The quantitative estimate of drug-likeness (QED) is 0.782. The second-order valence-electron chi connectivity index (χ2n) is 4.23. The number of sulfonamides is 1. The number of ether oxygens (including phenoxy) is 1. The van der Waals surface area contributed by atoms with E-state index in [1.165, 1.54) is 25.3 Å². The smallest absolute Gasteiger partial charge is 0.324 e. The number of carbonyl (C=O) groups is 1. The predicted molar refractivity (Wildman–Crippen MR) is 65.3 cm³/mol. The summed E-state index contributed by atoms with van der Waals surface area (Å²) in [6, 6.07) is 4.26. The molecule has 0 N–H and O–H groups in total. The van der Waals surface area contributed by atoms with E-state index in [9.17, 15) is 17.6 Å². The standard InChI is InChI=1S/C12H14FNO4S/c1-18-12(15)10-6-4-8-14(10)19(16,17)11-7-3-2-5-9(11)13/h2-3,5,7,10H,4,6,8H2,1H3/t10-/m1/s1. The largest absolute Gasteiger partial charge is 0.468 e. The Morgan fingerprint density at radius 3 is 2.74 bits per heavy atom. The Morgan fingerprint density at radius 1 is 1.42 bits per heavy atom. The van der Waals surface area contributed by atoms with Gasteiger partial charge in [0, 0.05) is 6.54 Å². The van der Waals surface area contributed by atoms with Gasteiger partial charge < -0.3 is 4.74 Å². The Morgan fingerprint density at radius 2 is 2.11 bits per heavy atom. The highest BCUT2D eigenvalue weighted by Crippen LogP contribution is 2.27. The predicted octanol–water partition coefficient (Wildman–Crippen LogP) is 1.15. The normalized spacial score (nSPS) is 20.4. The van der Waals surface area contributed by atoms with E-state index in [-0.39, 0.29) is 6.54 Å². The number of esters is 1. The summed E-state index contributed by atoms with van der Waals surface area (Å²) in [4.78, 5) is 11.2. The molecule has 1 aromatic carbocycles. The molecule has 0 spiro atoms. The first-order valence-corrected chi connectivity index (χ1v) is 7.26. The number of halogens is 1. The average molecular weight is 287 g/mol. The van der Waals surface area contributed by atoms with Crippen molar-refractivity contribution in [1.29, 1.82) is 0 Å². The zero-order valence-electron chi connectivity index (χ0n) is 10.4. The summed E-state index contributed by atoms with van der Waals surface area (Å²) in [6.45, 7) is 0.191. The molecule has 1 fully saturated rings. The van der Waals surface area contributed by atoms with E-state index < -0.39 is 32.7 Å². The second kappa shape index (κ2) is 5.26. The Kier molecular flexibility index (Phi) is 3.86. The number of methoxy groups -OCH3 is 1. The third-order valence-corrected chi connectivity index (χ3v) is 5.04. The first-order valence-electron chi connectivity index (χ1n) is 5.82. The molecule has 0 unspecified atom stereocenters. The molecule has 1 saturated heterocycles. The van der Waals surface area contributed by atoms with E-state index in [4.69, 9.17) is 0 Å². The Labute approximate surface area is 111 Å². The summed E-state index contributed by atoms with van der Waals surface area (Å²) in [5.74, 6) is -1.43. The van der Waals surface area contributed by atoms with Crippen molar-refractivity contribution in [1.82, 2.24) is 4.31 Å². The number of nitrogens with zero attached hydrogens (tertiary/aromatic N) is 1. The van der Waals surface area contributed by atoms with Crippen LogP contribution in [0.15, 0.2) is 29.2 Å². The fraction of sp³-hybridized carbons (Fsp3) is 0.417. The van der Waals surface area contributed by atoms with Crippen LogP contribution in [0.25, 0.3) is 0 Å². The van der Waals surface area contributed by atoms with E-state index in [0.717, 1.165) is 10.4 Å². The lowest BCUT2D eigenvalue weighted by molar-refractivity contribution is -0.144. The van der Waals surface area contributed by atoms with Crippen molar-refractivity contribution in [3.8, 4) is 0 Å². The van der Waals surface area contributed by atoms with Crippen LogP contribution in [0, 0.1) is 5.82 Å². The van der Waals surface area contributed by atoms with Gasteiger partial charge in [-0.2, -0.15) is 4.31 Å². The average Bonchev–Trinajstić information content (AvgIpc) is 2.88. The molecule has 0 bridgehead atoms. The van der Waals surface area contributed by atoms with Gasteiger partial charge in [-0.25, -0.2) is 12.8 Å². The molecule has 5 nitrogen and oxygen atoms in total. The van der Waals surface area contributed by atoms with Crippen LogP contribution in [0.1, 0.15) is 12.8 Å². The van der Waals surface area contributed by atoms with Crippen LogP contribution in [0.5, 0.6) is 0 Å². The van der Waals surface area contributed by atoms with Gasteiger partial charge in [0.05, 0.1) is 7.11 Å².